The van der Waals surface area contributed by atoms with E-state index in [9.17, 15) is 0 Å². The third kappa shape index (κ3) is 3.54. The van der Waals surface area contributed by atoms with Gasteiger partial charge in [0, 0.05) is 26.6 Å². The zero-order valence-electron chi connectivity index (χ0n) is 11.6. The summed E-state index contributed by atoms with van der Waals surface area (Å²) in [4.78, 5) is 6.20. The van der Waals surface area contributed by atoms with Gasteiger partial charge in [-0.25, -0.2) is 0 Å². The SMILES string of the molecule is CCNC(Cc1nc(N(C)C)no1)c1ccccc1. The molecule has 19 heavy (non-hydrogen) atoms. The zero-order valence-corrected chi connectivity index (χ0v) is 11.6. The number of nitrogens with zero attached hydrogens (tertiary/aromatic N) is 3. The van der Waals surface area contributed by atoms with Gasteiger partial charge in [-0.15, -0.1) is 0 Å². The van der Waals surface area contributed by atoms with Crippen LogP contribution in [0.4, 0.5) is 5.95 Å². The van der Waals surface area contributed by atoms with E-state index in [1.54, 1.807) is 0 Å². The van der Waals surface area contributed by atoms with Gasteiger partial charge in [0.2, 0.25) is 5.89 Å². The van der Waals surface area contributed by atoms with E-state index in [4.69, 9.17) is 4.52 Å². The van der Waals surface area contributed by atoms with Gasteiger partial charge in [-0.1, -0.05) is 37.3 Å². The van der Waals surface area contributed by atoms with Crippen molar-refractivity contribution >= 4 is 5.95 Å². The molecule has 5 heteroatoms. The summed E-state index contributed by atoms with van der Waals surface area (Å²) in [6, 6.07) is 10.5. The van der Waals surface area contributed by atoms with Gasteiger partial charge in [0.25, 0.3) is 5.95 Å². The molecule has 0 fully saturated rings. The van der Waals surface area contributed by atoms with Gasteiger partial charge in [-0.3, -0.25) is 0 Å². The van der Waals surface area contributed by atoms with Crippen molar-refractivity contribution < 1.29 is 4.52 Å². The lowest BCUT2D eigenvalue weighted by Gasteiger charge is -2.16. The van der Waals surface area contributed by atoms with Gasteiger partial charge < -0.3 is 14.7 Å². The summed E-state index contributed by atoms with van der Waals surface area (Å²) in [5.74, 6) is 1.26. The Morgan fingerprint density at radius 3 is 2.58 bits per heavy atom. The van der Waals surface area contributed by atoms with Crippen molar-refractivity contribution in [1.29, 1.82) is 0 Å². The topological polar surface area (TPSA) is 54.2 Å². The first kappa shape index (κ1) is 13.5. The summed E-state index contributed by atoms with van der Waals surface area (Å²) in [5.41, 5.74) is 1.23. The fourth-order valence-corrected chi connectivity index (χ4v) is 1.92. The van der Waals surface area contributed by atoms with Gasteiger partial charge in [-0.2, -0.15) is 4.98 Å². The van der Waals surface area contributed by atoms with E-state index < -0.39 is 0 Å². The standard InChI is InChI=1S/C14H20N4O/c1-4-15-12(11-8-6-5-7-9-11)10-13-16-14(17-19-13)18(2)3/h5-9,12,15H,4,10H2,1-3H3. The lowest BCUT2D eigenvalue weighted by Crippen LogP contribution is -2.23. The molecule has 5 nitrogen and oxygen atoms in total. The molecule has 0 aliphatic carbocycles. The molecular weight excluding hydrogens is 240 g/mol. The number of anilines is 1. The van der Waals surface area contributed by atoms with Crippen molar-refractivity contribution in [3.8, 4) is 0 Å². The van der Waals surface area contributed by atoms with Crippen LogP contribution in [-0.2, 0) is 6.42 Å². The first-order valence-electron chi connectivity index (χ1n) is 6.49. The highest BCUT2D eigenvalue weighted by atomic mass is 16.5. The Morgan fingerprint density at radius 1 is 1.26 bits per heavy atom. The van der Waals surface area contributed by atoms with Crippen molar-refractivity contribution in [1.82, 2.24) is 15.5 Å². The number of likely N-dealkylation sites (N-methyl/N-ethyl adjacent to an activating group) is 1. The maximum absolute atomic E-state index is 5.28. The quantitative estimate of drug-likeness (QED) is 0.861. The highest BCUT2D eigenvalue weighted by molar-refractivity contribution is 5.25. The van der Waals surface area contributed by atoms with Crippen molar-refractivity contribution in [2.75, 3.05) is 25.5 Å². The lowest BCUT2D eigenvalue weighted by molar-refractivity contribution is 0.359. The van der Waals surface area contributed by atoms with Crippen LogP contribution in [0.15, 0.2) is 34.9 Å². The number of benzene rings is 1. The summed E-state index contributed by atoms with van der Waals surface area (Å²) < 4.78 is 5.28. The molecule has 0 aliphatic heterocycles. The maximum Gasteiger partial charge on any atom is 0.265 e. The highest BCUT2D eigenvalue weighted by Gasteiger charge is 2.16. The van der Waals surface area contributed by atoms with E-state index in [1.165, 1.54) is 5.56 Å². The molecule has 1 aromatic heterocycles. The molecule has 1 atom stereocenters. The normalized spacial score (nSPS) is 12.4. The number of aromatic nitrogens is 2. The van der Waals surface area contributed by atoms with Crippen molar-refractivity contribution in [3.05, 3.63) is 41.8 Å². The molecule has 0 spiro atoms. The van der Waals surface area contributed by atoms with Crippen LogP contribution in [0.3, 0.4) is 0 Å². The molecule has 0 bridgehead atoms. The molecule has 1 heterocycles. The Hall–Kier alpha value is -1.88. The molecule has 102 valence electrons. The average Bonchev–Trinajstić information content (AvgIpc) is 2.88. The zero-order chi connectivity index (χ0) is 13.7. The fraction of sp³-hybridized carbons (Fsp3) is 0.429. The van der Waals surface area contributed by atoms with Crippen LogP contribution in [-0.4, -0.2) is 30.8 Å². The van der Waals surface area contributed by atoms with Crippen LogP contribution in [0.1, 0.15) is 24.4 Å². The Labute approximate surface area is 113 Å². The Balaban J connectivity index is 2.12. The number of nitrogens with one attached hydrogen (secondary N) is 1. The van der Waals surface area contributed by atoms with Crippen LogP contribution < -0.4 is 10.2 Å². The summed E-state index contributed by atoms with van der Waals surface area (Å²) in [6.07, 6.45) is 0.693. The Kier molecular flexibility index (Phi) is 4.52. The van der Waals surface area contributed by atoms with Gasteiger partial charge in [0.05, 0.1) is 0 Å². The van der Waals surface area contributed by atoms with E-state index in [1.807, 2.05) is 37.2 Å². The third-order valence-electron chi connectivity index (χ3n) is 2.89. The predicted octanol–water partition coefficient (Wildman–Crippen LogP) is 2.03. The smallest absolute Gasteiger partial charge is 0.265 e. The molecule has 0 saturated heterocycles. The van der Waals surface area contributed by atoms with Crippen LogP contribution in [0, 0.1) is 0 Å². The van der Waals surface area contributed by atoms with Gasteiger partial charge in [0.1, 0.15) is 0 Å². The Morgan fingerprint density at radius 2 is 2.00 bits per heavy atom. The maximum atomic E-state index is 5.28. The van der Waals surface area contributed by atoms with Crippen LogP contribution >= 0.6 is 0 Å². The first-order valence-corrected chi connectivity index (χ1v) is 6.49. The van der Waals surface area contributed by atoms with Crippen molar-refractivity contribution in [2.45, 2.75) is 19.4 Å². The van der Waals surface area contributed by atoms with Gasteiger partial charge >= 0.3 is 0 Å². The second kappa shape index (κ2) is 6.33. The highest BCUT2D eigenvalue weighted by Crippen LogP contribution is 2.18. The van der Waals surface area contributed by atoms with Gasteiger partial charge in [-0.05, 0) is 17.3 Å². The second-order valence-electron chi connectivity index (χ2n) is 4.61. The summed E-state index contributed by atoms with van der Waals surface area (Å²) in [6.45, 7) is 2.99. The predicted molar refractivity (Wildman–Crippen MR) is 75.2 cm³/mol. The molecule has 1 N–H and O–H groups in total. The largest absolute Gasteiger partial charge is 0.344 e. The summed E-state index contributed by atoms with van der Waals surface area (Å²) >= 11 is 0. The van der Waals surface area contributed by atoms with Gasteiger partial charge in [0.15, 0.2) is 0 Å². The minimum absolute atomic E-state index is 0.196. The van der Waals surface area contributed by atoms with E-state index >= 15 is 0 Å². The third-order valence-corrected chi connectivity index (χ3v) is 2.89. The molecule has 0 amide bonds. The summed E-state index contributed by atoms with van der Waals surface area (Å²) in [7, 11) is 3.79. The molecule has 0 aliphatic rings. The molecular formula is C14H20N4O. The molecule has 2 rings (SSSR count). The minimum atomic E-state index is 0.196. The van der Waals surface area contributed by atoms with Crippen LogP contribution in [0.2, 0.25) is 0 Å². The molecule has 2 aromatic rings. The van der Waals surface area contributed by atoms with Crippen molar-refractivity contribution in [2.24, 2.45) is 0 Å². The van der Waals surface area contributed by atoms with Crippen molar-refractivity contribution in [3.63, 3.8) is 0 Å². The van der Waals surface area contributed by atoms with E-state index in [0.29, 0.717) is 18.3 Å². The van der Waals surface area contributed by atoms with Crippen LogP contribution in [0.25, 0.3) is 0 Å². The van der Waals surface area contributed by atoms with Crippen LogP contribution in [0.5, 0.6) is 0 Å². The number of hydrogen-bond donors (Lipinski definition) is 1. The summed E-state index contributed by atoms with van der Waals surface area (Å²) in [5, 5.41) is 7.38. The van der Waals surface area contributed by atoms with E-state index in [0.717, 1.165) is 6.54 Å². The first-order chi connectivity index (χ1) is 9.20. The average molecular weight is 260 g/mol. The van der Waals surface area contributed by atoms with E-state index in [2.05, 4.69) is 34.5 Å². The molecule has 0 radical (unpaired) electrons. The lowest BCUT2D eigenvalue weighted by atomic mass is 10.0. The molecule has 1 unspecified atom stereocenters. The number of hydrogen-bond acceptors (Lipinski definition) is 5. The fourth-order valence-electron chi connectivity index (χ4n) is 1.92. The Bertz CT molecular complexity index is 495. The molecule has 0 saturated carbocycles. The monoisotopic (exact) mass is 260 g/mol. The minimum Gasteiger partial charge on any atom is -0.344 e. The van der Waals surface area contributed by atoms with E-state index in [-0.39, 0.29) is 6.04 Å². The number of rotatable bonds is 6. The second-order valence-corrected chi connectivity index (χ2v) is 4.61. The molecule has 1 aromatic carbocycles.